The van der Waals surface area contributed by atoms with Crippen LogP contribution >= 0.6 is 34.9 Å². The van der Waals surface area contributed by atoms with E-state index in [-0.39, 0.29) is 11.2 Å². The van der Waals surface area contributed by atoms with E-state index in [9.17, 15) is 4.79 Å². The van der Waals surface area contributed by atoms with Crippen molar-refractivity contribution < 1.29 is 9.53 Å². The Morgan fingerprint density at radius 1 is 1.15 bits per heavy atom. The van der Waals surface area contributed by atoms with Crippen LogP contribution in [-0.2, 0) is 10.5 Å². The van der Waals surface area contributed by atoms with Crippen molar-refractivity contribution in [3.63, 3.8) is 0 Å². The van der Waals surface area contributed by atoms with Crippen molar-refractivity contribution in [3.05, 3.63) is 60.2 Å². The number of carbonyl (C=O) groups is 1. The van der Waals surface area contributed by atoms with Gasteiger partial charge in [0.2, 0.25) is 11.0 Å². The van der Waals surface area contributed by atoms with E-state index in [0.29, 0.717) is 5.13 Å². The minimum atomic E-state index is -0.247. The Morgan fingerprint density at radius 2 is 1.89 bits per heavy atom. The van der Waals surface area contributed by atoms with E-state index in [1.807, 2.05) is 49.4 Å². The monoisotopic (exact) mass is 417 g/mol. The number of hydrogen-bond donors (Lipinski definition) is 1. The number of anilines is 1. The molecule has 0 aliphatic carbocycles. The SMILES string of the molecule is COc1ccc(SC(C)C(=O)Nc2nnc(SCc3ccccc3)s2)cc1. The van der Waals surface area contributed by atoms with Crippen molar-refractivity contribution in [2.45, 2.75) is 27.2 Å². The summed E-state index contributed by atoms with van der Waals surface area (Å²) >= 11 is 4.49. The van der Waals surface area contributed by atoms with Crippen LogP contribution in [0.4, 0.5) is 5.13 Å². The molecule has 0 saturated heterocycles. The van der Waals surface area contributed by atoms with Crippen LogP contribution in [0.3, 0.4) is 0 Å². The summed E-state index contributed by atoms with van der Waals surface area (Å²) in [6, 6.07) is 17.8. The van der Waals surface area contributed by atoms with Crippen LogP contribution in [0.1, 0.15) is 12.5 Å². The van der Waals surface area contributed by atoms with Crippen LogP contribution in [0.5, 0.6) is 5.75 Å². The molecule has 0 aliphatic rings. The lowest BCUT2D eigenvalue weighted by molar-refractivity contribution is -0.115. The van der Waals surface area contributed by atoms with Gasteiger partial charge in [0.1, 0.15) is 5.75 Å². The third kappa shape index (κ3) is 5.98. The molecule has 0 fully saturated rings. The molecule has 1 amide bonds. The van der Waals surface area contributed by atoms with Crippen molar-refractivity contribution >= 4 is 45.9 Å². The summed E-state index contributed by atoms with van der Waals surface area (Å²) in [7, 11) is 1.63. The summed E-state index contributed by atoms with van der Waals surface area (Å²) in [5.74, 6) is 1.53. The van der Waals surface area contributed by atoms with Crippen LogP contribution in [0.2, 0.25) is 0 Å². The fourth-order valence-corrected chi connectivity index (χ4v) is 4.74. The van der Waals surface area contributed by atoms with Crippen molar-refractivity contribution in [1.82, 2.24) is 10.2 Å². The van der Waals surface area contributed by atoms with Crippen molar-refractivity contribution in [2.75, 3.05) is 12.4 Å². The number of benzene rings is 2. The van der Waals surface area contributed by atoms with Gasteiger partial charge in [0.15, 0.2) is 4.34 Å². The lowest BCUT2D eigenvalue weighted by Crippen LogP contribution is -2.22. The van der Waals surface area contributed by atoms with Crippen LogP contribution in [0.25, 0.3) is 0 Å². The molecule has 1 N–H and O–H groups in total. The highest BCUT2D eigenvalue weighted by molar-refractivity contribution is 8.00. The molecule has 1 unspecified atom stereocenters. The smallest absolute Gasteiger partial charge is 0.239 e. The maximum absolute atomic E-state index is 12.4. The second-order valence-corrected chi connectivity index (χ2v) is 9.19. The number of methoxy groups -OCH3 is 1. The molecular formula is C19H19N3O2S3. The van der Waals surface area contributed by atoms with Gasteiger partial charge in [0.25, 0.3) is 0 Å². The summed E-state index contributed by atoms with van der Waals surface area (Å²) in [5.41, 5.74) is 1.23. The zero-order chi connectivity index (χ0) is 19.1. The molecule has 0 bridgehead atoms. The van der Waals surface area contributed by atoms with Gasteiger partial charge in [-0.15, -0.1) is 22.0 Å². The molecule has 1 aromatic heterocycles. The molecule has 5 nitrogen and oxygen atoms in total. The standard InChI is InChI=1S/C19H19N3O2S3/c1-13(26-16-10-8-15(24-2)9-11-16)17(23)20-18-21-22-19(27-18)25-12-14-6-4-3-5-7-14/h3-11,13H,12H2,1-2H3,(H,20,21,23). The third-order valence-electron chi connectivity index (χ3n) is 3.58. The van der Waals surface area contributed by atoms with Crippen LogP contribution in [-0.4, -0.2) is 28.5 Å². The van der Waals surface area contributed by atoms with E-state index < -0.39 is 0 Å². The summed E-state index contributed by atoms with van der Waals surface area (Å²) in [4.78, 5) is 13.4. The number of nitrogens with zero attached hydrogens (tertiary/aromatic N) is 2. The van der Waals surface area contributed by atoms with Gasteiger partial charge >= 0.3 is 0 Å². The zero-order valence-corrected chi connectivity index (χ0v) is 17.4. The number of amides is 1. The number of hydrogen-bond acceptors (Lipinski definition) is 7. The molecule has 0 spiro atoms. The number of nitrogens with one attached hydrogen (secondary N) is 1. The highest BCUT2D eigenvalue weighted by Gasteiger charge is 2.17. The minimum Gasteiger partial charge on any atom is -0.497 e. The first-order valence-electron chi connectivity index (χ1n) is 8.26. The Bertz CT molecular complexity index is 869. The van der Waals surface area contributed by atoms with E-state index in [1.165, 1.54) is 28.7 Å². The van der Waals surface area contributed by atoms with Gasteiger partial charge in [-0.3, -0.25) is 10.1 Å². The van der Waals surface area contributed by atoms with Gasteiger partial charge in [-0.2, -0.15) is 0 Å². The summed E-state index contributed by atoms with van der Waals surface area (Å²) < 4.78 is 5.98. The third-order valence-corrected chi connectivity index (χ3v) is 6.74. The first-order chi connectivity index (χ1) is 13.1. The van der Waals surface area contributed by atoms with E-state index >= 15 is 0 Å². The lowest BCUT2D eigenvalue weighted by atomic mass is 10.2. The topological polar surface area (TPSA) is 64.1 Å². The Kier molecular flexibility index (Phi) is 7.14. The van der Waals surface area contributed by atoms with Crippen molar-refractivity contribution in [1.29, 1.82) is 0 Å². The van der Waals surface area contributed by atoms with E-state index in [1.54, 1.807) is 18.9 Å². The summed E-state index contributed by atoms with van der Waals surface area (Å²) in [6.07, 6.45) is 0. The minimum absolute atomic E-state index is 0.0911. The molecule has 2 aromatic carbocycles. The molecule has 3 aromatic rings. The van der Waals surface area contributed by atoms with Crippen LogP contribution in [0, 0.1) is 0 Å². The number of carbonyl (C=O) groups excluding carboxylic acids is 1. The predicted molar refractivity (Wildman–Crippen MR) is 113 cm³/mol. The predicted octanol–water partition coefficient (Wildman–Crippen LogP) is 4.96. The zero-order valence-electron chi connectivity index (χ0n) is 14.9. The average Bonchev–Trinajstić information content (AvgIpc) is 3.15. The van der Waals surface area contributed by atoms with Crippen molar-refractivity contribution in [2.24, 2.45) is 0 Å². The number of aromatic nitrogens is 2. The Morgan fingerprint density at radius 3 is 2.59 bits per heavy atom. The first kappa shape index (κ1) is 19.7. The fraction of sp³-hybridized carbons (Fsp3) is 0.211. The van der Waals surface area contributed by atoms with E-state index in [0.717, 1.165) is 20.7 Å². The Labute approximate surface area is 170 Å². The van der Waals surface area contributed by atoms with Crippen molar-refractivity contribution in [3.8, 4) is 5.75 Å². The Hall–Kier alpha value is -2.03. The van der Waals surface area contributed by atoms with Crippen LogP contribution < -0.4 is 10.1 Å². The lowest BCUT2D eigenvalue weighted by Gasteiger charge is -2.10. The second-order valence-electron chi connectivity index (χ2n) is 5.57. The molecule has 3 rings (SSSR count). The molecule has 1 atom stereocenters. The van der Waals surface area contributed by atoms with Gasteiger partial charge < -0.3 is 4.74 Å². The fourth-order valence-electron chi connectivity index (χ4n) is 2.16. The second kappa shape index (κ2) is 9.77. The summed E-state index contributed by atoms with van der Waals surface area (Å²) in [6.45, 7) is 1.87. The molecule has 0 saturated carbocycles. The molecular weight excluding hydrogens is 398 g/mol. The molecule has 1 heterocycles. The molecule has 0 radical (unpaired) electrons. The molecule has 0 aliphatic heterocycles. The first-order valence-corrected chi connectivity index (χ1v) is 10.9. The highest BCUT2D eigenvalue weighted by Crippen LogP contribution is 2.30. The van der Waals surface area contributed by atoms with Crippen LogP contribution in [0.15, 0.2) is 63.8 Å². The number of rotatable bonds is 8. The van der Waals surface area contributed by atoms with Gasteiger partial charge in [0, 0.05) is 10.6 Å². The van der Waals surface area contributed by atoms with E-state index in [2.05, 4.69) is 27.6 Å². The maximum atomic E-state index is 12.4. The molecule has 140 valence electrons. The van der Waals surface area contributed by atoms with Gasteiger partial charge in [-0.1, -0.05) is 53.4 Å². The number of ether oxygens (including phenoxy) is 1. The van der Waals surface area contributed by atoms with E-state index in [4.69, 9.17) is 4.74 Å². The van der Waals surface area contributed by atoms with Gasteiger partial charge in [-0.05, 0) is 36.8 Å². The molecule has 8 heteroatoms. The summed E-state index contributed by atoms with van der Waals surface area (Å²) in [5, 5.41) is 11.3. The normalized spacial score (nSPS) is 11.8. The van der Waals surface area contributed by atoms with Gasteiger partial charge in [-0.25, -0.2) is 0 Å². The average molecular weight is 418 g/mol. The Balaban J connectivity index is 1.50. The largest absolute Gasteiger partial charge is 0.497 e. The molecule has 27 heavy (non-hydrogen) atoms. The maximum Gasteiger partial charge on any atom is 0.239 e. The van der Waals surface area contributed by atoms with Gasteiger partial charge in [0.05, 0.1) is 12.4 Å². The quantitative estimate of drug-likeness (QED) is 0.413. The number of thioether (sulfide) groups is 2. The highest BCUT2D eigenvalue weighted by atomic mass is 32.2.